The summed E-state index contributed by atoms with van der Waals surface area (Å²) in [6, 6.07) is 12.5. The molecule has 2 unspecified atom stereocenters. The molecule has 0 spiro atoms. The summed E-state index contributed by atoms with van der Waals surface area (Å²) in [5, 5.41) is 0. The summed E-state index contributed by atoms with van der Waals surface area (Å²) < 4.78 is 61.8. The average Bonchev–Trinajstić information content (AvgIpc) is 3.37. The maximum atomic E-state index is 13.6. The highest BCUT2D eigenvalue weighted by Gasteiger charge is 2.63. The normalized spacial score (nSPS) is 29.5. The minimum Gasteiger partial charge on any atom is -0.479 e. The summed E-state index contributed by atoms with van der Waals surface area (Å²) in [6.07, 6.45) is 3.59. The van der Waals surface area contributed by atoms with Gasteiger partial charge in [0, 0.05) is 6.42 Å². The van der Waals surface area contributed by atoms with E-state index in [4.69, 9.17) is 14.2 Å². The molecule has 0 heterocycles. The van der Waals surface area contributed by atoms with Crippen LogP contribution in [0.25, 0.3) is 0 Å². The number of ether oxygens (including phenoxy) is 4. The van der Waals surface area contributed by atoms with Crippen LogP contribution in [0.2, 0.25) is 0 Å². The highest BCUT2D eigenvalue weighted by Crippen LogP contribution is 2.63. The van der Waals surface area contributed by atoms with Crippen LogP contribution in [0.3, 0.4) is 0 Å². The van der Waals surface area contributed by atoms with Crippen LogP contribution in [-0.4, -0.2) is 29.5 Å². The predicted octanol–water partition coefficient (Wildman–Crippen LogP) is 7.56. The molecule has 0 aromatic heterocycles. The van der Waals surface area contributed by atoms with Gasteiger partial charge in [-0.3, -0.25) is 4.79 Å². The Kier molecular flexibility index (Phi) is 6.82. The van der Waals surface area contributed by atoms with E-state index >= 15 is 0 Å². The molecular formula is C32H33F3O6. The number of esters is 2. The van der Waals surface area contributed by atoms with Crippen LogP contribution in [0.5, 0.6) is 17.2 Å². The second kappa shape index (κ2) is 10.1. The van der Waals surface area contributed by atoms with E-state index in [0.29, 0.717) is 50.7 Å². The smallest absolute Gasteiger partial charge is 0.479 e. The van der Waals surface area contributed by atoms with Crippen LogP contribution in [0.4, 0.5) is 13.2 Å². The summed E-state index contributed by atoms with van der Waals surface area (Å²) in [7, 11) is 0. The minimum atomic E-state index is -4.93. The van der Waals surface area contributed by atoms with Crippen molar-refractivity contribution in [3.05, 3.63) is 66.7 Å². The molecule has 0 saturated heterocycles. The SMILES string of the molecule is C=CC1(Oc2cc(C(=O)OC34CC5CC(C3)CC(C(=O)Oc3ccccc3)(C5)C4)ccc2OC(F)(F)F)CCCC1. The molecule has 9 heteroatoms. The van der Waals surface area contributed by atoms with Gasteiger partial charge in [-0.1, -0.05) is 24.8 Å². The molecule has 5 aliphatic carbocycles. The van der Waals surface area contributed by atoms with Gasteiger partial charge in [0.15, 0.2) is 11.5 Å². The lowest BCUT2D eigenvalue weighted by molar-refractivity contribution is -0.275. The van der Waals surface area contributed by atoms with Crippen molar-refractivity contribution in [2.75, 3.05) is 0 Å². The number of hydrogen-bond donors (Lipinski definition) is 0. The molecule has 5 saturated carbocycles. The van der Waals surface area contributed by atoms with Crippen molar-refractivity contribution in [2.45, 2.75) is 81.8 Å². The predicted molar refractivity (Wildman–Crippen MR) is 142 cm³/mol. The van der Waals surface area contributed by atoms with Gasteiger partial charge in [0.2, 0.25) is 0 Å². The molecule has 218 valence electrons. The van der Waals surface area contributed by atoms with E-state index in [0.717, 1.165) is 25.3 Å². The molecule has 0 aliphatic heterocycles. The van der Waals surface area contributed by atoms with Crippen LogP contribution >= 0.6 is 0 Å². The van der Waals surface area contributed by atoms with Gasteiger partial charge in [-0.25, -0.2) is 4.79 Å². The van der Waals surface area contributed by atoms with E-state index in [9.17, 15) is 22.8 Å². The molecule has 0 radical (unpaired) electrons. The first-order valence-electron chi connectivity index (χ1n) is 14.2. The Bertz CT molecular complexity index is 1320. The Hall–Kier alpha value is -3.49. The van der Waals surface area contributed by atoms with Crippen molar-refractivity contribution in [3.8, 4) is 17.2 Å². The van der Waals surface area contributed by atoms with Crippen molar-refractivity contribution < 1.29 is 41.7 Å². The maximum Gasteiger partial charge on any atom is 0.573 e. The lowest BCUT2D eigenvalue weighted by atomic mass is 9.48. The quantitative estimate of drug-likeness (QED) is 0.185. The average molecular weight is 571 g/mol. The fraction of sp³-hybridized carbons (Fsp3) is 0.500. The lowest BCUT2D eigenvalue weighted by Crippen LogP contribution is -2.60. The summed E-state index contributed by atoms with van der Waals surface area (Å²) in [5.41, 5.74) is -2.36. The molecule has 2 aromatic rings. The Morgan fingerprint density at radius 3 is 2.24 bits per heavy atom. The third-order valence-corrected chi connectivity index (χ3v) is 9.24. The molecule has 2 aromatic carbocycles. The second-order valence-electron chi connectivity index (χ2n) is 12.3. The summed E-state index contributed by atoms with van der Waals surface area (Å²) in [4.78, 5) is 27.0. The van der Waals surface area contributed by atoms with Gasteiger partial charge in [0.25, 0.3) is 0 Å². The number of para-hydroxylation sites is 1. The zero-order valence-corrected chi connectivity index (χ0v) is 22.7. The maximum absolute atomic E-state index is 13.6. The van der Waals surface area contributed by atoms with Crippen molar-refractivity contribution >= 4 is 11.9 Å². The van der Waals surface area contributed by atoms with E-state index in [2.05, 4.69) is 11.3 Å². The van der Waals surface area contributed by atoms with Gasteiger partial charge in [0.05, 0.1) is 11.0 Å². The van der Waals surface area contributed by atoms with Gasteiger partial charge in [0.1, 0.15) is 17.0 Å². The minimum absolute atomic E-state index is 0.0587. The fourth-order valence-electron chi connectivity index (χ4n) is 7.96. The van der Waals surface area contributed by atoms with Crippen LogP contribution < -0.4 is 14.2 Å². The van der Waals surface area contributed by atoms with E-state index < -0.39 is 34.7 Å². The van der Waals surface area contributed by atoms with Gasteiger partial charge in [-0.2, -0.15) is 0 Å². The van der Waals surface area contributed by atoms with Crippen molar-refractivity contribution in [1.29, 1.82) is 0 Å². The summed E-state index contributed by atoms with van der Waals surface area (Å²) >= 11 is 0. The first-order valence-corrected chi connectivity index (χ1v) is 14.2. The Labute approximate surface area is 236 Å². The monoisotopic (exact) mass is 570 g/mol. The van der Waals surface area contributed by atoms with E-state index in [1.165, 1.54) is 12.1 Å². The first-order chi connectivity index (χ1) is 19.5. The largest absolute Gasteiger partial charge is 0.573 e. The van der Waals surface area contributed by atoms with E-state index in [1.54, 1.807) is 30.3 Å². The molecule has 41 heavy (non-hydrogen) atoms. The third-order valence-electron chi connectivity index (χ3n) is 9.24. The first kappa shape index (κ1) is 27.7. The molecule has 4 bridgehead atoms. The van der Waals surface area contributed by atoms with Gasteiger partial charge < -0.3 is 18.9 Å². The summed E-state index contributed by atoms with van der Waals surface area (Å²) in [5.74, 6) is -0.749. The molecule has 5 fully saturated rings. The number of rotatable bonds is 8. The second-order valence-corrected chi connectivity index (χ2v) is 12.3. The molecule has 6 nitrogen and oxygen atoms in total. The number of carbonyl (C=O) groups excluding carboxylic acids is 2. The van der Waals surface area contributed by atoms with Gasteiger partial charge >= 0.3 is 18.3 Å². The molecule has 5 aliphatic rings. The zero-order chi connectivity index (χ0) is 28.9. The zero-order valence-electron chi connectivity index (χ0n) is 22.7. The van der Waals surface area contributed by atoms with Crippen molar-refractivity contribution in [2.24, 2.45) is 17.3 Å². The highest BCUT2D eigenvalue weighted by atomic mass is 19.4. The molecular weight excluding hydrogens is 537 g/mol. The van der Waals surface area contributed by atoms with E-state index in [-0.39, 0.29) is 29.1 Å². The van der Waals surface area contributed by atoms with Crippen LogP contribution in [0.15, 0.2) is 61.2 Å². The van der Waals surface area contributed by atoms with Gasteiger partial charge in [-0.05, 0) is 106 Å². The third kappa shape index (κ3) is 5.55. The fourth-order valence-corrected chi connectivity index (χ4v) is 7.96. The molecule has 0 N–H and O–H groups in total. The molecule has 2 atom stereocenters. The topological polar surface area (TPSA) is 71.1 Å². The van der Waals surface area contributed by atoms with Crippen LogP contribution in [-0.2, 0) is 9.53 Å². The van der Waals surface area contributed by atoms with Crippen LogP contribution in [0.1, 0.15) is 74.6 Å². The Balaban J connectivity index is 1.25. The standard InChI is InChI=1S/C32H33F3O6/c1-2-30(12-6-7-13-30)39-26-15-23(10-11-25(26)40-32(33,34)35)27(36)41-31-18-21-14-22(19-31)17-29(16-21,20-31)28(37)38-24-8-4-3-5-9-24/h2-5,8-11,15,21-22H,1,6-7,12-14,16-20H2. The number of carbonyl (C=O) groups is 2. The number of benzene rings is 2. The molecule has 7 rings (SSSR count). The molecule has 0 amide bonds. The summed E-state index contributed by atoms with van der Waals surface area (Å²) in [6.45, 7) is 3.82. The Morgan fingerprint density at radius 2 is 1.61 bits per heavy atom. The van der Waals surface area contributed by atoms with Crippen molar-refractivity contribution in [1.82, 2.24) is 0 Å². The van der Waals surface area contributed by atoms with Crippen LogP contribution in [0, 0.1) is 17.3 Å². The lowest BCUT2D eigenvalue weighted by Gasteiger charge is -2.59. The number of hydrogen-bond acceptors (Lipinski definition) is 6. The number of alkyl halides is 3. The Morgan fingerprint density at radius 1 is 0.927 bits per heavy atom. The van der Waals surface area contributed by atoms with E-state index in [1.807, 2.05) is 6.07 Å². The highest BCUT2D eigenvalue weighted by molar-refractivity contribution is 5.91. The number of halogens is 3. The van der Waals surface area contributed by atoms with Crippen molar-refractivity contribution in [3.63, 3.8) is 0 Å². The van der Waals surface area contributed by atoms with Gasteiger partial charge in [-0.15, -0.1) is 13.2 Å².